The molecule has 0 radical (unpaired) electrons. The second kappa shape index (κ2) is 23.6. The topological polar surface area (TPSA) is 239 Å². The van der Waals surface area contributed by atoms with E-state index in [4.69, 9.17) is 23.6 Å². The molecule has 388 valence electrons. The predicted molar refractivity (Wildman–Crippen MR) is 238 cm³/mol. The first kappa shape index (κ1) is 61.2. The van der Waals surface area contributed by atoms with Crippen LogP contribution in [0.5, 0.6) is 0 Å². The van der Waals surface area contributed by atoms with Crippen molar-refractivity contribution in [1.29, 1.82) is 0 Å². The molecule has 0 atom stereocenters. The molecule has 9 fully saturated rings. The van der Waals surface area contributed by atoms with Crippen LogP contribution in [0.1, 0.15) is 64.2 Å². The first-order valence-corrected chi connectivity index (χ1v) is 23.0. The van der Waals surface area contributed by atoms with E-state index in [9.17, 15) is 43.2 Å². The van der Waals surface area contributed by atoms with Gasteiger partial charge in [-0.25, -0.2) is 23.6 Å². The van der Waals surface area contributed by atoms with Crippen LogP contribution in [0.15, 0.2) is 0 Å². The van der Waals surface area contributed by atoms with Gasteiger partial charge in [-0.15, -0.1) is 0 Å². The normalized spacial score (nSPS) is 26.5. The van der Waals surface area contributed by atoms with Crippen molar-refractivity contribution in [3.8, 4) is 0 Å². The van der Waals surface area contributed by atoms with Gasteiger partial charge in [-0.05, 0) is 26.9 Å². The molecule has 9 heterocycles. The summed E-state index contributed by atoms with van der Waals surface area (Å²) in [7, 11) is 16.8. The highest BCUT2D eigenvalue weighted by Crippen LogP contribution is 2.40. The van der Waals surface area contributed by atoms with Crippen LogP contribution >= 0.6 is 23.6 Å². The number of rotatable bonds is 0. The maximum atomic E-state index is 12.0. The second-order valence-electron chi connectivity index (χ2n) is 20.9. The molecule has 9 saturated heterocycles. The molecule has 22 nitrogen and oxygen atoms in total. The third kappa shape index (κ3) is 14.4. The Balaban J connectivity index is 0.000000292. The van der Waals surface area contributed by atoms with Crippen molar-refractivity contribution in [3.63, 3.8) is 0 Å². The molecule has 9 aliphatic heterocycles. The monoisotopic (exact) mass is 1160 g/mol. The molecule has 12 amide bonds. The van der Waals surface area contributed by atoms with Crippen molar-refractivity contribution in [2.45, 2.75) is 86.4 Å². The van der Waals surface area contributed by atoms with Gasteiger partial charge in [-0.3, -0.25) is 39.9 Å². The Morgan fingerprint density at radius 2 is 0.765 bits per heavy atom. The summed E-state index contributed by atoms with van der Waals surface area (Å²) in [5.74, 6) is -0.438. The lowest BCUT2D eigenvalue weighted by atomic mass is 9.87. The minimum Gasteiger partial charge on any atom is -1.00 e. The van der Waals surface area contributed by atoms with E-state index >= 15 is 0 Å². The van der Waals surface area contributed by atoms with E-state index in [1.165, 1.54) is 0 Å². The number of carbonyl (C=O) groups is 9. The number of hydrogen-bond acceptors (Lipinski definition) is 11. The fraction of sp³-hybridized carbons (Fsp3) is 0.780. The number of hydrogen-bond donors (Lipinski definition) is 6. The van der Waals surface area contributed by atoms with Crippen molar-refractivity contribution < 1.29 is 105 Å². The number of urea groups is 4. The summed E-state index contributed by atoms with van der Waals surface area (Å²) >= 11 is 11.5. The van der Waals surface area contributed by atoms with E-state index in [0.717, 1.165) is 122 Å². The summed E-state index contributed by atoms with van der Waals surface area (Å²) < 4.78 is 4.24. The number of nitrogens with zero attached hydrogens (tertiary/aromatic N) is 7. The summed E-state index contributed by atoms with van der Waals surface area (Å²) in [5.41, 5.74) is -2.74. The Bertz CT molecular complexity index is 1840. The summed E-state index contributed by atoms with van der Waals surface area (Å²) in [6.07, 6.45) is 6.98. The zero-order valence-electron chi connectivity index (χ0n) is 40.3. The Labute approximate surface area is 438 Å². The van der Waals surface area contributed by atoms with Crippen LogP contribution in [0.4, 0.5) is 19.2 Å². The molecule has 9 rings (SSSR count). The number of piperidine rings is 5. The predicted octanol–water partition coefficient (Wildman–Crippen LogP) is -9.38. The maximum absolute atomic E-state index is 12.0. The SMILES string of the molecule is CN1CCC(=O)CC1.CN1CCC2(CC1)NC(=O)NC2=O.C[N+]1(C)CCC2(CC1)C(=O)N(Cl)C(=O)N2Cl.C[N+]1(C)CCC2(CC1)NC(=O)NC2=O.C[N+]1(C)CCC2(CC1)NC(=O)NC2=O.[Cl-].[Cl-].[I-]. The molecule has 0 aromatic rings. The summed E-state index contributed by atoms with van der Waals surface area (Å²) in [6.45, 7) is 8.92. The fourth-order valence-corrected chi connectivity index (χ4v) is 9.78. The zero-order chi connectivity index (χ0) is 48.4. The van der Waals surface area contributed by atoms with Crippen molar-refractivity contribution in [2.75, 3.05) is 122 Å². The van der Waals surface area contributed by atoms with Gasteiger partial charge >= 0.3 is 24.1 Å². The Morgan fingerprint density at radius 1 is 0.471 bits per heavy atom. The standard InChI is InChI=1S/C9H14Cl2N3O2.2C9H15N3O2.C8H13N3O2.C6H11NO.2ClH.HI/c1-14(2)5-3-9(4-6-14)7(15)12(10)8(16)13(9)11;2*1-12(2)5-3-9(4-6-12)7(13)10-8(14)11-9;1-11-4-2-8(3-5-11)6(12)9-7(13)10-8;1-7-4-2-6(8)3-5-7;;;/h3-6H2,1-2H3;2*3-6H2,1-2H3,(H-,10,11,13,14);2-5H2,1H3,(H2,9,10,12,13);2-5H2,1H3;3*1H/q+1;;;;;;;/p-1. The molecular formula is C41H70Cl4IN13O9. The molecule has 6 N–H and O–H groups in total. The molecule has 27 heteroatoms. The Kier molecular flexibility index (Phi) is 21.2. The van der Waals surface area contributed by atoms with E-state index in [1.807, 2.05) is 14.1 Å². The zero-order valence-corrected chi connectivity index (χ0v) is 45.5. The average molecular weight is 1160 g/mol. The molecule has 68 heavy (non-hydrogen) atoms. The number of nitrogens with one attached hydrogen (secondary N) is 6. The quantitative estimate of drug-likeness (QED) is 0.0577. The molecule has 0 saturated carbocycles. The fourth-order valence-electron chi connectivity index (χ4n) is 9.19. The van der Waals surface area contributed by atoms with Gasteiger partial charge in [-0.2, -0.15) is 4.42 Å². The van der Waals surface area contributed by atoms with Crippen molar-refractivity contribution in [1.82, 2.24) is 50.5 Å². The number of Topliss-reactive ketones (excluding diaryl/α,β-unsaturated/α-hetero) is 1. The van der Waals surface area contributed by atoms with E-state index < -0.39 is 34.1 Å². The van der Waals surface area contributed by atoms with Gasteiger partial charge in [0, 0.05) is 101 Å². The van der Waals surface area contributed by atoms with Gasteiger partial charge < -0.3 is 88.0 Å². The van der Waals surface area contributed by atoms with Crippen molar-refractivity contribution in [3.05, 3.63) is 0 Å². The van der Waals surface area contributed by atoms with Crippen LogP contribution in [-0.4, -0.2) is 230 Å². The van der Waals surface area contributed by atoms with Gasteiger partial charge in [0.1, 0.15) is 22.4 Å². The number of ketones is 1. The summed E-state index contributed by atoms with van der Waals surface area (Å²) in [6, 6.07) is -1.68. The average Bonchev–Trinajstić information content (AvgIpc) is 3.85. The lowest BCUT2D eigenvalue weighted by molar-refractivity contribution is -0.896. The molecule has 4 spiro atoms. The summed E-state index contributed by atoms with van der Waals surface area (Å²) in [4.78, 5) is 106. The van der Waals surface area contributed by atoms with Gasteiger partial charge in [-0.1, -0.05) is 0 Å². The van der Waals surface area contributed by atoms with Crippen LogP contribution in [0, 0.1) is 0 Å². The van der Waals surface area contributed by atoms with Crippen LogP contribution < -0.4 is 80.7 Å². The number of imide groups is 4. The Hall–Kier alpha value is -2.88. The minimum atomic E-state index is -0.922. The number of carbonyl (C=O) groups excluding carboxylic acids is 9. The third-order valence-corrected chi connectivity index (χ3v) is 15.3. The van der Waals surface area contributed by atoms with Crippen LogP contribution in [-0.2, 0) is 24.0 Å². The molecule has 9 aliphatic rings. The minimum absolute atomic E-state index is 0. The van der Waals surface area contributed by atoms with Gasteiger partial charge in [0.15, 0.2) is 5.54 Å². The highest BCUT2D eigenvalue weighted by atomic mass is 127. The number of quaternary nitrogens is 3. The van der Waals surface area contributed by atoms with Crippen molar-refractivity contribution in [2.24, 2.45) is 0 Å². The molecule has 0 aromatic heterocycles. The Morgan fingerprint density at radius 3 is 1.03 bits per heavy atom. The van der Waals surface area contributed by atoms with Crippen LogP contribution in [0.2, 0.25) is 0 Å². The van der Waals surface area contributed by atoms with E-state index in [0.29, 0.717) is 35.9 Å². The largest absolute Gasteiger partial charge is 1.00 e. The first-order chi connectivity index (χ1) is 30.1. The number of halogens is 5. The second-order valence-corrected chi connectivity index (χ2v) is 21.6. The number of amides is 12. The molecule has 0 aromatic carbocycles. The van der Waals surface area contributed by atoms with Crippen molar-refractivity contribution >= 4 is 77.1 Å². The van der Waals surface area contributed by atoms with Gasteiger partial charge in [0.2, 0.25) is 0 Å². The first-order valence-electron chi connectivity index (χ1n) is 22.3. The van der Waals surface area contributed by atoms with E-state index in [-0.39, 0.29) is 84.6 Å². The smallest absolute Gasteiger partial charge is 0.357 e. The summed E-state index contributed by atoms with van der Waals surface area (Å²) in [5, 5.41) is 15.1. The van der Waals surface area contributed by atoms with Gasteiger partial charge in [0.05, 0.1) is 81.6 Å². The highest BCUT2D eigenvalue weighted by Gasteiger charge is 2.60. The van der Waals surface area contributed by atoms with Crippen LogP contribution in [0.3, 0.4) is 0 Å². The molecule has 0 bridgehead atoms. The number of likely N-dealkylation sites (tertiary alicyclic amines) is 5. The van der Waals surface area contributed by atoms with E-state index in [2.05, 4.69) is 84.0 Å². The molecule has 0 unspecified atom stereocenters. The lowest BCUT2D eigenvalue weighted by Crippen LogP contribution is -3.00. The molecular weight excluding hydrogens is 1090 g/mol. The molecule has 0 aliphatic carbocycles. The maximum Gasteiger partial charge on any atom is 0.357 e. The third-order valence-electron chi connectivity index (χ3n) is 14.6. The lowest BCUT2D eigenvalue weighted by Gasteiger charge is -2.42. The highest BCUT2D eigenvalue weighted by molar-refractivity contribution is 6.39. The van der Waals surface area contributed by atoms with Crippen LogP contribution in [0.25, 0.3) is 0 Å². The van der Waals surface area contributed by atoms with Gasteiger partial charge in [0.25, 0.3) is 23.6 Å². The van der Waals surface area contributed by atoms with E-state index in [1.54, 1.807) is 0 Å².